The minimum absolute atomic E-state index is 0.0245. The van der Waals surface area contributed by atoms with Gasteiger partial charge in [-0.1, -0.05) is 31.5 Å². The number of carbonyl (C=O) groups is 2. The van der Waals surface area contributed by atoms with E-state index in [-0.39, 0.29) is 42.3 Å². The fourth-order valence-corrected chi connectivity index (χ4v) is 4.95. The third kappa shape index (κ3) is 9.36. The number of benzene rings is 3. The Balaban J connectivity index is 1.82. The average Bonchev–Trinajstić information content (AvgIpc) is 2.93. The Morgan fingerprint density at radius 2 is 1.52 bits per heavy atom. The van der Waals surface area contributed by atoms with E-state index >= 15 is 0 Å². The number of halogens is 2. The van der Waals surface area contributed by atoms with Crippen LogP contribution in [0.25, 0.3) is 0 Å². The van der Waals surface area contributed by atoms with Crippen molar-refractivity contribution in [1.82, 2.24) is 15.5 Å². The number of hydrogen-bond donors (Lipinski definition) is 4. The molecule has 4 N–H and O–H groups in total. The summed E-state index contributed by atoms with van der Waals surface area (Å²) in [6, 6.07) is 12.3. The van der Waals surface area contributed by atoms with E-state index in [4.69, 9.17) is 0 Å². The average molecular weight is 582 g/mol. The van der Waals surface area contributed by atoms with Gasteiger partial charge in [-0.2, -0.15) is 0 Å². The minimum atomic E-state index is -1.15. The number of phenols is 1. The first-order valence-corrected chi connectivity index (χ1v) is 14.3. The van der Waals surface area contributed by atoms with Crippen molar-refractivity contribution >= 4 is 11.8 Å². The zero-order valence-corrected chi connectivity index (χ0v) is 24.7. The van der Waals surface area contributed by atoms with E-state index in [1.807, 2.05) is 26.8 Å². The molecular formula is C33H41F2N3O4. The van der Waals surface area contributed by atoms with Crippen LogP contribution in [0.1, 0.15) is 69.7 Å². The van der Waals surface area contributed by atoms with Crippen molar-refractivity contribution in [2.75, 3.05) is 19.6 Å². The van der Waals surface area contributed by atoms with Gasteiger partial charge in [-0.3, -0.25) is 9.59 Å². The van der Waals surface area contributed by atoms with Gasteiger partial charge in [0.05, 0.1) is 12.1 Å². The second kappa shape index (κ2) is 15.4. The van der Waals surface area contributed by atoms with Crippen molar-refractivity contribution < 1.29 is 28.6 Å². The van der Waals surface area contributed by atoms with E-state index in [9.17, 15) is 28.6 Å². The van der Waals surface area contributed by atoms with Crippen molar-refractivity contribution in [3.8, 4) is 5.75 Å². The molecule has 0 aliphatic rings. The molecule has 0 spiro atoms. The highest BCUT2D eigenvalue weighted by Gasteiger charge is 2.24. The molecule has 2 amide bonds. The molecule has 0 fully saturated rings. The Hall–Kier alpha value is -3.82. The second-order valence-corrected chi connectivity index (χ2v) is 10.8. The SMILES string of the molecule is CCCN(CCC)C(=O)c1cc(C)cc(C(=O)N[C@@H](Cc2cc(F)cc(F)c2)[C@H](O)CNCc2cc(C)ccc2O)c1. The first kappa shape index (κ1) is 32.7. The molecule has 9 heteroatoms. The lowest BCUT2D eigenvalue weighted by atomic mass is 9.99. The lowest BCUT2D eigenvalue weighted by molar-refractivity contribution is 0.0755. The molecule has 0 saturated heterocycles. The van der Waals surface area contributed by atoms with Gasteiger partial charge in [0.1, 0.15) is 17.4 Å². The van der Waals surface area contributed by atoms with E-state index < -0.39 is 29.7 Å². The van der Waals surface area contributed by atoms with E-state index in [1.165, 1.54) is 6.07 Å². The molecule has 7 nitrogen and oxygen atoms in total. The van der Waals surface area contributed by atoms with Gasteiger partial charge >= 0.3 is 0 Å². The van der Waals surface area contributed by atoms with Crippen LogP contribution in [0.2, 0.25) is 0 Å². The number of amides is 2. The fourth-order valence-electron chi connectivity index (χ4n) is 4.95. The molecule has 0 heterocycles. The van der Waals surface area contributed by atoms with E-state index in [0.717, 1.165) is 42.2 Å². The van der Waals surface area contributed by atoms with Crippen LogP contribution < -0.4 is 10.6 Å². The predicted octanol–water partition coefficient (Wildman–Crippen LogP) is 5.04. The third-order valence-corrected chi connectivity index (χ3v) is 6.92. The number of aryl methyl sites for hydroxylation is 2. The number of aromatic hydroxyl groups is 1. The van der Waals surface area contributed by atoms with Crippen LogP contribution in [0, 0.1) is 25.5 Å². The van der Waals surface area contributed by atoms with Gasteiger partial charge in [0, 0.05) is 48.9 Å². The number of hydrogen-bond acceptors (Lipinski definition) is 5. The monoisotopic (exact) mass is 581 g/mol. The molecule has 0 unspecified atom stereocenters. The molecule has 3 rings (SSSR count). The second-order valence-electron chi connectivity index (χ2n) is 10.8. The summed E-state index contributed by atoms with van der Waals surface area (Å²) in [5.74, 6) is -2.09. The maximum Gasteiger partial charge on any atom is 0.253 e. The summed E-state index contributed by atoms with van der Waals surface area (Å²) in [7, 11) is 0. The predicted molar refractivity (Wildman–Crippen MR) is 160 cm³/mol. The van der Waals surface area contributed by atoms with Gasteiger partial charge in [0.2, 0.25) is 0 Å². The highest BCUT2D eigenvalue weighted by atomic mass is 19.1. The van der Waals surface area contributed by atoms with Crippen LogP contribution in [-0.2, 0) is 13.0 Å². The summed E-state index contributed by atoms with van der Waals surface area (Å²) >= 11 is 0. The molecule has 3 aromatic carbocycles. The minimum Gasteiger partial charge on any atom is -0.508 e. The van der Waals surface area contributed by atoms with E-state index in [0.29, 0.717) is 24.2 Å². The van der Waals surface area contributed by atoms with Crippen LogP contribution in [0.3, 0.4) is 0 Å². The van der Waals surface area contributed by atoms with Gasteiger partial charge in [0.25, 0.3) is 11.8 Å². The number of nitrogens with zero attached hydrogens (tertiary/aromatic N) is 1. The number of aliphatic hydroxyl groups excluding tert-OH is 1. The molecule has 42 heavy (non-hydrogen) atoms. The molecule has 0 aliphatic heterocycles. The Bertz CT molecular complexity index is 1360. The quantitative estimate of drug-likeness (QED) is 0.214. The Kier molecular flexibility index (Phi) is 12.0. The van der Waals surface area contributed by atoms with Crippen molar-refractivity contribution in [2.45, 2.75) is 65.6 Å². The topological polar surface area (TPSA) is 102 Å². The Morgan fingerprint density at radius 1 is 0.881 bits per heavy atom. The van der Waals surface area contributed by atoms with Crippen molar-refractivity contribution in [3.63, 3.8) is 0 Å². The Labute approximate surface area is 246 Å². The summed E-state index contributed by atoms with van der Waals surface area (Å²) in [5, 5.41) is 27.1. The fraction of sp³-hybridized carbons (Fsp3) is 0.394. The van der Waals surface area contributed by atoms with Crippen LogP contribution in [-0.4, -0.2) is 58.7 Å². The molecular weight excluding hydrogens is 540 g/mol. The van der Waals surface area contributed by atoms with Crippen molar-refractivity contribution in [3.05, 3.63) is 99.6 Å². The van der Waals surface area contributed by atoms with Gasteiger partial charge < -0.3 is 25.7 Å². The van der Waals surface area contributed by atoms with E-state index in [2.05, 4.69) is 10.6 Å². The molecule has 3 aromatic rings. The maximum atomic E-state index is 13.9. The number of aliphatic hydroxyl groups is 1. The molecule has 0 aliphatic carbocycles. The van der Waals surface area contributed by atoms with Crippen LogP contribution >= 0.6 is 0 Å². The molecule has 226 valence electrons. The summed E-state index contributed by atoms with van der Waals surface area (Å²) in [6.07, 6.45) is 0.422. The maximum absolute atomic E-state index is 13.9. The van der Waals surface area contributed by atoms with E-state index in [1.54, 1.807) is 36.1 Å². The van der Waals surface area contributed by atoms with Gasteiger partial charge in [-0.25, -0.2) is 8.78 Å². The van der Waals surface area contributed by atoms with Crippen molar-refractivity contribution in [1.29, 1.82) is 0 Å². The van der Waals surface area contributed by atoms with Gasteiger partial charge in [-0.15, -0.1) is 0 Å². The van der Waals surface area contributed by atoms with Crippen LogP contribution in [0.15, 0.2) is 54.6 Å². The number of phenolic OH excluding ortho intramolecular Hbond substituents is 1. The molecule has 0 radical (unpaired) electrons. The molecule has 2 atom stereocenters. The van der Waals surface area contributed by atoms with Gasteiger partial charge in [-0.05, 0) is 80.6 Å². The summed E-state index contributed by atoms with van der Waals surface area (Å²) < 4.78 is 27.9. The highest BCUT2D eigenvalue weighted by Crippen LogP contribution is 2.19. The zero-order chi connectivity index (χ0) is 30.8. The number of carbonyl (C=O) groups excluding carboxylic acids is 2. The van der Waals surface area contributed by atoms with Crippen molar-refractivity contribution in [2.24, 2.45) is 0 Å². The van der Waals surface area contributed by atoms with Crippen LogP contribution in [0.5, 0.6) is 5.75 Å². The molecule has 0 aromatic heterocycles. The van der Waals surface area contributed by atoms with Crippen LogP contribution in [0.4, 0.5) is 8.78 Å². The summed E-state index contributed by atoms with van der Waals surface area (Å²) in [4.78, 5) is 28.4. The zero-order valence-electron chi connectivity index (χ0n) is 24.7. The smallest absolute Gasteiger partial charge is 0.253 e. The first-order chi connectivity index (χ1) is 20.0. The normalized spacial score (nSPS) is 12.5. The lowest BCUT2D eigenvalue weighted by Gasteiger charge is -2.25. The largest absolute Gasteiger partial charge is 0.508 e. The lowest BCUT2D eigenvalue weighted by Crippen LogP contribution is -2.48. The first-order valence-electron chi connectivity index (χ1n) is 14.3. The molecule has 0 saturated carbocycles. The number of rotatable bonds is 14. The highest BCUT2D eigenvalue weighted by molar-refractivity contribution is 6.00. The third-order valence-electron chi connectivity index (χ3n) is 6.92. The summed E-state index contributed by atoms with van der Waals surface area (Å²) in [6.45, 7) is 9.19. The summed E-state index contributed by atoms with van der Waals surface area (Å²) in [5.41, 5.74) is 3.24. The number of nitrogens with one attached hydrogen (secondary N) is 2. The molecule has 0 bridgehead atoms. The standard InChI is InChI=1S/C33H41F2N3O4/c1-5-9-38(10-6-2)33(42)25-13-22(4)12-24(17-25)32(41)37-29(16-23-14-27(34)18-28(35)15-23)31(40)20-36-19-26-11-21(3)7-8-30(26)39/h7-8,11-15,17-18,29,31,36,39-40H,5-6,9-10,16,19-20H2,1-4H3,(H,37,41)/t29-,31+/m0/s1. The van der Waals surface area contributed by atoms with Gasteiger partial charge in [0.15, 0.2) is 0 Å². The Morgan fingerprint density at radius 3 is 2.17 bits per heavy atom.